The van der Waals surface area contributed by atoms with E-state index in [1.54, 1.807) is 0 Å². The Morgan fingerprint density at radius 3 is 1.79 bits per heavy atom. The molecule has 24 heavy (non-hydrogen) atoms. The normalized spacial score (nSPS) is 43.0. The fourth-order valence-corrected chi connectivity index (χ4v) is 7.06. The summed E-state index contributed by atoms with van der Waals surface area (Å²) in [4.78, 5) is 2.74. The molecule has 0 N–H and O–H groups in total. The topological polar surface area (TPSA) is 12.9 Å². The quantitative estimate of drug-likeness (QED) is 0.596. The number of halogens is 4. The maximum atomic E-state index is 14.6. The second kappa shape index (κ2) is 3.68. The van der Waals surface area contributed by atoms with E-state index in [1.165, 1.54) is 0 Å². The highest BCUT2D eigenvalue weighted by Crippen LogP contribution is 2.96. The Kier molecular flexibility index (Phi) is 2.05. The number of benzene rings is 1. The highest BCUT2D eigenvalue weighted by Gasteiger charge is 2.96. The zero-order chi connectivity index (χ0) is 16.4. The Balaban J connectivity index is 1.66. The summed E-state index contributed by atoms with van der Waals surface area (Å²) in [5, 5.41) is 0. The van der Waals surface area contributed by atoms with Crippen molar-refractivity contribution in [3.8, 4) is 0 Å². The first-order chi connectivity index (χ1) is 11.6. The van der Waals surface area contributed by atoms with Crippen LogP contribution in [0.1, 0.15) is 24.0 Å². The minimum atomic E-state index is -1.53. The molecule has 4 atom stereocenters. The first-order valence-corrected chi connectivity index (χ1v) is 8.32. The number of pyridine rings is 1. The molecule has 1 aromatic carbocycles. The molecule has 1 heterocycles. The van der Waals surface area contributed by atoms with Crippen LogP contribution in [0, 0.1) is 47.2 Å². The largest absolute Gasteiger partial charge is 0.252 e. The van der Waals surface area contributed by atoms with E-state index in [0.29, 0.717) is 11.8 Å². The van der Waals surface area contributed by atoms with Crippen LogP contribution in [-0.2, 0) is 10.8 Å². The molecule has 4 unspecified atom stereocenters. The van der Waals surface area contributed by atoms with Crippen LogP contribution in [0.25, 0.3) is 0 Å². The number of rotatable bonds is 2. The van der Waals surface area contributed by atoms with Crippen molar-refractivity contribution in [1.82, 2.24) is 4.98 Å². The first kappa shape index (κ1) is 13.4. The van der Waals surface area contributed by atoms with Gasteiger partial charge in [-0.2, -0.15) is 13.8 Å². The van der Waals surface area contributed by atoms with Gasteiger partial charge in [0.2, 0.25) is 0 Å². The van der Waals surface area contributed by atoms with Gasteiger partial charge in [-0.05, 0) is 42.1 Å². The lowest BCUT2D eigenvalue weighted by atomic mass is 9.75. The van der Waals surface area contributed by atoms with E-state index in [4.69, 9.17) is 0 Å². The zero-order valence-corrected chi connectivity index (χ0v) is 12.6. The lowest BCUT2D eigenvalue weighted by Crippen LogP contribution is -2.31. The van der Waals surface area contributed by atoms with Crippen LogP contribution < -0.4 is 0 Å². The number of aromatic nitrogens is 1. The van der Waals surface area contributed by atoms with E-state index in [2.05, 4.69) is 4.98 Å². The molecule has 6 rings (SSSR count). The minimum Gasteiger partial charge on any atom is -0.201 e. The van der Waals surface area contributed by atoms with Crippen molar-refractivity contribution in [2.45, 2.75) is 23.7 Å². The molecule has 0 spiro atoms. The molecule has 1 aromatic heterocycles. The number of fused-ring (bicyclic) bond motifs is 2. The molecule has 4 aliphatic carbocycles. The van der Waals surface area contributed by atoms with Crippen LogP contribution in [-0.4, -0.2) is 4.98 Å². The van der Waals surface area contributed by atoms with E-state index >= 15 is 0 Å². The minimum absolute atomic E-state index is 0.123. The van der Waals surface area contributed by atoms with Crippen LogP contribution in [0.15, 0.2) is 30.3 Å². The molecule has 4 fully saturated rings. The van der Waals surface area contributed by atoms with E-state index in [1.807, 2.05) is 30.3 Å². The number of nitrogens with zero attached hydrogens (tertiary/aromatic N) is 1. The van der Waals surface area contributed by atoms with Crippen molar-refractivity contribution >= 4 is 0 Å². The second-order valence-electron chi connectivity index (χ2n) is 7.70. The lowest BCUT2D eigenvalue weighted by Gasteiger charge is -2.28. The Hall–Kier alpha value is -1.91. The van der Waals surface area contributed by atoms with Crippen LogP contribution in [0.3, 0.4) is 0 Å². The summed E-state index contributed by atoms with van der Waals surface area (Å²) in [6.07, 6.45) is 1.79. The van der Waals surface area contributed by atoms with Gasteiger partial charge in [0.25, 0.3) is 11.9 Å². The smallest absolute Gasteiger partial charge is 0.201 e. The SMILES string of the molecule is Fc1nc(F)c(F)c(C23C4CC5C(CC42)C53c2ccccc2)c1F. The van der Waals surface area contributed by atoms with Crippen molar-refractivity contribution in [2.24, 2.45) is 23.7 Å². The Morgan fingerprint density at radius 2 is 1.25 bits per heavy atom. The van der Waals surface area contributed by atoms with Crippen molar-refractivity contribution in [2.75, 3.05) is 0 Å². The van der Waals surface area contributed by atoms with Crippen molar-refractivity contribution < 1.29 is 17.6 Å². The molecule has 4 saturated carbocycles. The molecular formula is C19H13F4N. The number of hydrogen-bond donors (Lipinski definition) is 0. The summed E-state index contributed by atoms with van der Waals surface area (Å²) in [6.45, 7) is 0. The molecule has 0 bridgehead atoms. The van der Waals surface area contributed by atoms with Gasteiger partial charge in [0, 0.05) is 16.4 Å². The molecule has 0 radical (unpaired) electrons. The summed E-state index contributed by atoms with van der Waals surface area (Å²) in [5.74, 6) is -4.69. The van der Waals surface area contributed by atoms with Gasteiger partial charge in [-0.25, -0.2) is 8.78 Å². The highest BCUT2D eigenvalue weighted by atomic mass is 19.2. The van der Waals surface area contributed by atoms with Crippen LogP contribution in [0.5, 0.6) is 0 Å². The van der Waals surface area contributed by atoms with Gasteiger partial charge < -0.3 is 0 Å². The van der Waals surface area contributed by atoms with Gasteiger partial charge >= 0.3 is 0 Å². The van der Waals surface area contributed by atoms with E-state index in [9.17, 15) is 17.6 Å². The summed E-state index contributed by atoms with van der Waals surface area (Å²) in [6, 6.07) is 9.71. The van der Waals surface area contributed by atoms with Gasteiger partial charge in [0.1, 0.15) is 0 Å². The van der Waals surface area contributed by atoms with Gasteiger partial charge in [0.05, 0.1) is 0 Å². The molecule has 0 aliphatic heterocycles. The van der Waals surface area contributed by atoms with Crippen molar-refractivity contribution in [3.63, 3.8) is 0 Å². The zero-order valence-electron chi connectivity index (χ0n) is 12.6. The summed E-state index contributed by atoms with van der Waals surface area (Å²) < 4.78 is 56.7. The molecule has 4 aliphatic rings. The van der Waals surface area contributed by atoms with Gasteiger partial charge in [-0.3, -0.25) is 0 Å². The van der Waals surface area contributed by atoms with Gasteiger partial charge in [-0.1, -0.05) is 30.3 Å². The van der Waals surface area contributed by atoms with Gasteiger partial charge in [0.15, 0.2) is 11.6 Å². The van der Waals surface area contributed by atoms with Crippen LogP contribution >= 0.6 is 0 Å². The third-order valence-electron chi connectivity index (χ3n) is 7.46. The highest BCUT2D eigenvalue weighted by molar-refractivity contribution is 5.62. The average molecular weight is 331 g/mol. The fourth-order valence-electron chi connectivity index (χ4n) is 7.06. The van der Waals surface area contributed by atoms with Crippen molar-refractivity contribution in [3.05, 3.63) is 65.0 Å². The predicted octanol–water partition coefficient (Wildman–Crippen LogP) is 4.11. The van der Waals surface area contributed by atoms with E-state index in [0.717, 1.165) is 18.4 Å². The lowest BCUT2D eigenvalue weighted by molar-refractivity contribution is 0.362. The standard InChI is InChI=1S/C19H13F4N/c20-14-13(15(21)17(23)24-16(14)22)19-11-6-9-10(7-12(11)19)18(9,19)8-4-2-1-3-5-8/h1-5,9-12H,6-7H2. The Morgan fingerprint density at radius 1 is 0.750 bits per heavy atom. The third-order valence-corrected chi connectivity index (χ3v) is 7.46. The molecule has 2 aromatic rings. The molecule has 1 nitrogen and oxygen atoms in total. The van der Waals surface area contributed by atoms with Crippen LogP contribution in [0.4, 0.5) is 17.6 Å². The molecule has 5 heteroatoms. The summed E-state index contributed by atoms with van der Waals surface area (Å²) in [5.41, 5.74) is -0.471. The monoisotopic (exact) mass is 331 g/mol. The fraction of sp³-hybridized carbons (Fsp3) is 0.421. The molecule has 0 amide bonds. The third kappa shape index (κ3) is 1.06. The second-order valence-corrected chi connectivity index (χ2v) is 7.70. The van der Waals surface area contributed by atoms with E-state index in [-0.39, 0.29) is 22.8 Å². The van der Waals surface area contributed by atoms with Crippen molar-refractivity contribution in [1.29, 1.82) is 0 Å². The summed E-state index contributed by atoms with van der Waals surface area (Å²) >= 11 is 0. The maximum absolute atomic E-state index is 14.6. The number of hydrogen-bond acceptors (Lipinski definition) is 1. The molecule has 0 saturated heterocycles. The maximum Gasteiger partial charge on any atom is 0.252 e. The van der Waals surface area contributed by atoms with E-state index < -0.39 is 28.9 Å². The predicted molar refractivity (Wildman–Crippen MR) is 77.1 cm³/mol. The Labute approximate surface area is 135 Å². The molecular weight excluding hydrogens is 318 g/mol. The summed E-state index contributed by atoms with van der Waals surface area (Å²) in [7, 11) is 0. The Bertz CT molecular complexity index is 865. The first-order valence-electron chi connectivity index (χ1n) is 8.32. The average Bonchev–Trinajstić information content (AvgIpc) is 3.38. The van der Waals surface area contributed by atoms with Gasteiger partial charge in [-0.15, -0.1) is 0 Å². The van der Waals surface area contributed by atoms with Crippen LogP contribution in [0.2, 0.25) is 0 Å². The molecule has 122 valence electrons.